The van der Waals surface area contributed by atoms with E-state index in [1.165, 1.54) is 55.7 Å². The van der Waals surface area contributed by atoms with E-state index in [-0.39, 0.29) is 21.7 Å². The second-order valence-corrected chi connectivity index (χ2v) is 21.8. The summed E-state index contributed by atoms with van der Waals surface area (Å²) < 4.78 is 9.37. The number of hydrogen-bond donors (Lipinski definition) is 0. The van der Waals surface area contributed by atoms with Crippen LogP contribution in [0.1, 0.15) is 144 Å². The Morgan fingerprint density at radius 2 is 1.11 bits per heavy atom. The highest BCUT2D eigenvalue weighted by molar-refractivity contribution is 6.09. The lowest BCUT2D eigenvalue weighted by molar-refractivity contribution is 0.479. The molecule has 0 fully saturated rings. The van der Waals surface area contributed by atoms with E-state index in [1.54, 1.807) is 0 Å². The quantitative estimate of drug-likeness (QED) is 0.153. The van der Waals surface area contributed by atoms with Gasteiger partial charge in [0.1, 0.15) is 24.0 Å². The van der Waals surface area contributed by atoms with Crippen LogP contribution in [0.5, 0.6) is 11.5 Å². The third kappa shape index (κ3) is 8.23. The molecule has 0 N–H and O–H groups in total. The monoisotopic (exact) mass is 825 g/mol. The summed E-state index contributed by atoms with van der Waals surface area (Å²) in [7, 11) is 0. The molecule has 0 bridgehead atoms. The largest absolute Gasteiger partial charge is 0.457 e. The second-order valence-electron chi connectivity index (χ2n) is 21.8. The van der Waals surface area contributed by atoms with E-state index < -0.39 is 0 Å². The minimum atomic E-state index is -0.113. The molecular weight excluding hydrogens is 757 g/mol. The fourth-order valence-corrected chi connectivity index (χ4v) is 9.03. The normalized spacial score (nSPS) is 13.8. The lowest BCUT2D eigenvalue weighted by Crippen LogP contribution is -2.24. The third-order valence-electron chi connectivity index (χ3n) is 13.1. The van der Waals surface area contributed by atoms with E-state index in [4.69, 9.17) is 9.72 Å². The van der Waals surface area contributed by atoms with Crippen molar-refractivity contribution >= 4 is 44.6 Å². The molecule has 1 aliphatic heterocycles. The molecule has 0 aliphatic carbocycles. The highest BCUT2D eigenvalue weighted by Crippen LogP contribution is 2.48. The zero-order valence-electron chi connectivity index (χ0n) is 39.9. The molecule has 0 spiro atoms. The zero-order valence-corrected chi connectivity index (χ0v) is 39.9. The predicted octanol–water partition coefficient (Wildman–Crippen LogP) is 16.3. The average Bonchev–Trinajstić information content (AvgIpc) is 3.75. The molecule has 2 aromatic heterocycles. The van der Waals surface area contributed by atoms with E-state index in [2.05, 4.69) is 220 Å². The maximum atomic E-state index is 7.04. The zero-order chi connectivity index (χ0) is 44.5. The van der Waals surface area contributed by atoms with E-state index >= 15 is 0 Å². The summed E-state index contributed by atoms with van der Waals surface area (Å²) in [5.74, 6) is 3.07. The maximum Gasteiger partial charge on any atom is 0.137 e. The number of anilines is 4. The van der Waals surface area contributed by atoms with Crippen molar-refractivity contribution in [1.82, 2.24) is 9.55 Å². The molecule has 7 aromatic rings. The van der Waals surface area contributed by atoms with Gasteiger partial charge >= 0.3 is 0 Å². The van der Waals surface area contributed by atoms with Gasteiger partial charge in [-0.25, -0.2) is 4.98 Å². The lowest BCUT2D eigenvalue weighted by atomic mass is 9.86. The summed E-state index contributed by atoms with van der Waals surface area (Å²) in [6.07, 6.45) is 4.22. The molecule has 5 nitrogen and oxygen atoms in total. The van der Waals surface area contributed by atoms with Gasteiger partial charge < -0.3 is 14.5 Å². The van der Waals surface area contributed by atoms with Crippen molar-refractivity contribution < 1.29 is 4.74 Å². The number of nitrogens with zero attached hydrogens (tertiary/aromatic N) is 4. The first-order chi connectivity index (χ1) is 29.1. The molecule has 62 heavy (non-hydrogen) atoms. The first-order valence-electron chi connectivity index (χ1n) is 22.8. The number of rotatable bonds is 8. The Morgan fingerprint density at radius 3 is 1.77 bits per heavy atom. The average molecular weight is 825 g/mol. The van der Waals surface area contributed by atoms with Gasteiger partial charge in [-0.15, -0.1) is 0 Å². The highest BCUT2D eigenvalue weighted by atomic mass is 16.5. The van der Waals surface area contributed by atoms with Crippen LogP contribution in [0.3, 0.4) is 0 Å². The Bertz CT molecular complexity index is 2780. The fourth-order valence-electron chi connectivity index (χ4n) is 9.03. The fraction of sp³-hybridized carbons (Fsp3) is 0.386. The van der Waals surface area contributed by atoms with Crippen molar-refractivity contribution in [3.8, 4) is 17.3 Å². The standard InChI is InChI=1S/C57H68N4O/c1-15-37(16-2)38-18-17-19-43(28-38)59-36-60(52-32-40(55(6,7)8)21-25-49(52)59)44-29-42(57(12,13)14)30-46(34-44)62-45-22-24-48-47-23-20-39(54(3,4)5)31-50(47)61(51(48)35-45)53-33-41(26-27-58-53)56(9,10)11/h17-35,37H,15-16,36H2,1-14H3. The number of pyridine rings is 1. The number of benzene rings is 5. The summed E-state index contributed by atoms with van der Waals surface area (Å²) >= 11 is 0. The molecule has 0 amide bonds. The molecule has 1 aliphatic rings. The van der Waals surface area contributed by atoms with E-state index in [0.29, 0.717) is 12.6 Å². The number of aromatic nitrogens is 2. The van der Waals surface area contributed by atoms with Gasteiger partial charge in [-0.1, -0.05) is 127 Å². The molecule has 0 saturated heterocycles. The van der Waals surface area contributed by atoms with Crippen LogP contribution >= 0.6 is 0 Å². The number of ether oxygens (including phenoxy) is 1. The van der Waals surface area contributed by atoms with Crippen LogP contribution in [0.2, 0.25) is 0 Å². The van der Waals surface area contributed by atoms with E-state index in [0.717, 1.165) is 46.9 Å². The van der Waals surface area contributed by atoms with Crippen LogP contribution in [-0.2, 0) is 21.7 Å². The summed E-state index contributed by atoms with van der Waals surface area (Å²) in [6, 6.07) is 41.0. The van der Waals surface area contributed by atoms with Crippen LogP contribution in [0.4, 0.5) is 22.7 Å². The maximum absolute atomic E-state index is 7.04. The van der Waals surface area contributed by atoms with Crippen LogP contribution < -0.4 is 14.5 Å². The smallest absolute Gasteiger partial charge is 0.137 e. The van der Waals surface area contributed by atoms with Gasteiger partial charge in [0.05, 0.1) is 22.4 Å². The molecule has 3 heterocycles. The molecule has 0 radical (unpaired) electrons. The van der Waals surface area contributed by atoms with Crippen molar-refractivity contribution in [2.75, 3.05) is 16.5 Å². The van der Waals surface area contributed by atoms with Gasteiger partial charge in [0, 0.05) is 40.5 Å². The summed E-state index contributed by atoms with van der Waals surface area (Å²) in [6.45, 7) is 32.7. The Kier molecular flexibility index (Phi) is 10.9. The Balaban J connectivity index is 1.26. The van der Waals surface area contributed by atoms with Crippen LogP contribution in [0.25, 0.3) is 27.6 Å². The predicted molar refractivity (Wildman–Crippen MR) is 265 cm³/mol. The lowest BCUT2D eigenvalue weighted by Gasteiger charge is -2.27. The van der Waals surface area contributed by atoms with Gasteiger partial charge in [-0.05, 0) is 135 Å². The van der Waals surface area contributed by atoms with Crippen molar-refractivity contribution in [3.05, 3.63) is 143 Å². The van der Waals surface area contributed by atoms with Crippen molar-refractivity contribution in [3.63, 3.8) is 0 Å². The first-order valence-corrected chi connectivity index (χ1v) is 22.8. The molecule has 5 aromatic carbocycles. The Labute approximate surface area is 371 Å². The van der Waals surface area contributed by atoms with Gasteiger partial charge in [0.2, 0.25) is 0 Å². The van der Waals surface area contributed by atoms with Gasteiger partial charge in [0.15, 0.2) is 0 Å². The molecular formula is C57H68N4O. The summed E-state index contributed by atoms with van der Waals surface area (Å²) in [5, 5.41) is 2.38. The molecule has 0 atom stereocenters. The number of hydrogen-bond acceptors (Lipinski definition) is 4. The minimum Gasteiger partial charge on any atom is -0.457 e. The van der Waals surface area contributed by atoms with E-state index in [1.807, 2.05) is 6.20 Å². The van der Waals surface area contributed by atoms with E-state index in [9.17, 15) is 0 Å². The van der Waals surface area contributed by atoms with Gasteiger partial charge in [0.25, 0.3) is 0 Å². The Morgan fingerprint density at radius 1 is 0.516 bits per heavy atom. The van der Waals surface area contributed by atoms with Crippen molar-refractivity contribution in [2.24, 2.45) is 0 Å². The Hall–Kier alpha value is -5.55. The van der Waals surface area contributed by atoms with Crippen LogP contribution in [-0.4, -0.2) is 16.2 Å². The SMILES string of the molecule is CCC(CC)c1cccc(N2CN(c3cc(Oc4ccc5c6ccc(C(C)(C)C)cc6n(-c6cc(C(C)(C)C)ccn6)c5c4)cc(C(C)(C)C)c3)c3cc(C(C)(C)C)ccc32)c1. The molecule has 8 rings (SSSR count). The van der Waals surface area contributed by atoms with Gasteiger partial charge in [-0.2, -0.15) is 0 Å². The molecule has 322 valence electrons. The molecule has 0 unspecified atom stereocenters. The highest BCUT2D eigenvalue weighted by Gasteiger charge is 2.32. The topological polar surface area (TPSA) is 33.5 Å². The summed E-state index contributed by atoms with van der Waals surface area (Å²) in [5.41, 5.74) is 13.4. The van der Waals surface area contributed by atoms with Crippen molar-refractivity contribution in [1.29, 1.82) is 0 Å². The van der Waals surface area contributed by atoms with Gasteiger partial charge in [-0.3, -0.25) is 4.57 Å². The van der Waals surface area contributed by atoms with Crippen LogP contribution in [0, 0.1) is 0 Å². The minimum absolute atomic E-state index is 0.00137. The van der Waals surface area contributed by atoms with Crippen LogP contribution in [0.15, 0.2) is 115 Å². The second kappa shape index (κ2) is 15.7. The molecule has 5 heteroatoms. The van der Waals surface area contributed by atoms with Crippen molar-refractivity contribution in [2.45, 2.75) is 137 Å². The molecule has 0 saturated carbocycles. The third-order valence-corrected chi connectivity index (χ3v) is 13.1. The first kappa shape index (κ1) is 43.1. The summed E-state index contributed by atoms with van der Waals surface area (Å²) in [4.78, 5) is 9.97. The number of fused-ring (bicyclic) bond motifs is 4.